The Morgan fingerprint density at radius 1 is 1.23 bits per heavy atom. The molecule has 1 aromatic carbocycles. The number of aromatic nitrogens is 2. The Morgan fingerprint density at radius 2 is 2.05 bits per heavy atom. The van der Waals surface area contributed by atoms with Gasteiger partial charge in [0.05, 0.1) is 11.4 Å². The molecule has 2 heterocycles. The molecule has 0 aliphatic rings. The van der Waals surface area contributed by atoms with Gasteiger partial charge in [0, 0.05) is 22.4 Å². The topological polar surface area (TPSA) is 54.9 Å². The molecule has 22 heavy (non-hydrogen) atoms. The Labute approximate surface area is 140 Å². The zero-order valence-electron chi connectivity index (χ0n) is 11.7. The van der Waals surface area contributed by atoms with E-state index in [-0.39, 0.29) is 5.91 Å². The van der Waals surface area contributed by atoms with Gasteiger partial charge >= 0.3 is 0 Å². The van der Waals surface area contributed by atoms with Crippen LogP contribution in [0.4, 0.5) is 5.69 Å². The molecule has 0 fully saturated rings. The summed E-state index contributed by atoms with van der Waals surface area (Å²) in [5, 5.41) is 3.70. The molecule has 0 atom stereocenters. The molecule has 2 aromatic heterocycles. The van der Waals surface area contributed by atoms with Gasteiger partial charge in [-0.25, -0.2) is 4.98 Å². The smallest absolute Gasteiger partial charge is 0.267 e. The zero-order valence-corrected chi connectivity index (χ0v) is 14.1. The first kappa shape index (κ1) is 14.9. The minimum Gasteiger partial charge on any atom is -0.320 e. The maximum atomic E-state index is 12.5. The fourth-order valence-corrected chi connectivity index (χ4v) is 3.30. The second-order valence-electron chi connectivity index (χ2n) is 4.61. The Bertz CT molecular complexity index is 817. The van der Waals surface area contributed by atoms with E-state index in [1.807, 2.05) is 43.3 Å². The van der Waals surface area contributed by atoms with Crippen LogP contribution >= 0.6 is 27.3 Å². The van der Waals surface area contributed by atoms with Crippen molar-refractivity contribution in [3.8, 4) is 10.6 Å². The molecule has 0 bridgehead atoms. The molecule has 0 radical (unpaired) electrons. The molecule has 0 saturated carbocycles. The highest BCUT2D eigenvalue weighted by Gasteiger charge is 2.17. The molecule has 0 aliphatic carbocycles. The molecule has 110 valence electrons. The van der Waals surface area contributed by atoms with Gasteiger partial charge in [-0.1, -0.05) is 12.1 Å². The van der Waals surface area contributed by atoms with Gasteiger partial charge in [-0.2, -0.15) is 0 Å². The van der Waals surface area contributed by atoms with Crippen molar-refractivity contribution in [1.29, 1.82) is 0 Å². The van der Waals surface area contributed by atoms with Crippen LogP contribution in [0.1, 0.15) is 15.4 Å². The maximum Gasteiger partial charge on any atom is 0.267 e. The monoisotopic (exact) mass is 373 g/mol. The number of rotatable bonds is 3. The third-order valence-electron chi connectivity index (χ3n) is 3.03. The molecular formula is C16H12BrN3OS. The summed E-state index contributed by atoms with van der Waals surface area (Å²) >= 11 is 4.79. The summed E-state index contributed by atoms with van der Waals surface area (Å²) in [6, 6.07) is 11.3. The molecule has 0 spiro atoms. The highest BCUT2D eigenvalue weighted by molar-refractivity contribution is 9.10. The SMILES string of the molecule is Cc1nc(-c2cccnc2)sc1C(=O)Nc1ccccc1Br. The predicted octanol–water partition coefficient (Wildman–Crippen LogP) is 4.53. The van der Waals surface area contributed by atoms with Crippen molar-refractivity contribution in [2.24, 2.45) is 0 Å². The quantitative estimate of drug-likeness (QED) is 0.733. The van der Waals surface area contributed by atoms with Gasteiger partial charge in [0.25, 0.3) is 5.91 Å². The molecule has 0 saturated heterocycles. The minimum atomic E-state index is -0.156. The third-order valence-corrected chi connectivity index (χ3v) is 4.93. The van der Waals surface area contributed by atoms with E-state index in [0.29, 0.717) is 10.6 Å². The minimum absolute atomic E-state index is 0.156. The average molecular weight is 374 g/mol. The third kappa shape index (κ3) is 3.08. The van der Waals surface area contributed by atoms with Crippen LogP contribution < -0.4 is 5.32 Å². The Kier molecular flexibility index (Phi) is 4.31. The number of benzene rings is 1. The molecule has 3 rings (SSSR count). The van der Waals surface area contributed by atoms with Crippen LogP contribution in [0.3, 0.4) is 0 Å². The maximum absolute atomic E-state index is 12.5. The summed E-state index contributed by atoms with van der Waals surface area (Å²) in [6.45, 7) is 1.84. The van der Waals surface area contributed by atoms with Gasteiger partial charge in [-0.15, -0.1) is 11.3 Å². The predicted molar refractivity (Wildman–Crippen MR) is 92.2 cm³/mol. The van der Waals surface area contributed by atoms with E-state index in [9.17, 15) is 4.79 Å². The lowest BCUT2D eigenvalue weighted by Gasteiger charge is -2.05. The fraction of sp³-hybridized carbons (Fsp3) is 0.0625. The lowest BCUT2D eigenvalue weighted by Crippen LogP contribution is -2.11. The zero-order chi connectivity index (χ0) is 15.5. The summed E-state index contributed by atoms with van der Waals surface area (Å²) < 4.78 is 0.845. The van der Waals surface area contributed by atoms with Gasteiger partial charge in [0.1, 0.15) is 9.88 Å². The molecule has 4 nitrogen and oxygen atoms in total. The number of hydrogen-bond donors (Lipinski definition) is 1. The van der Waals surface area contributed by atoms with E-state index in [1.165, 1.54) is 11.3 Å². The van der Waals surface area contributed by atoms with Crippen molar-refractivity contribution in [3.05, 3.63) is 63.8 Å². The van der Waals surface area contributed by atoms with Crippen molar-refractivity contribution >= 4 is 38.9 Å². The van der Waals surface area contributed by atoms with E-state index >= 15 is 0 Å². The van der Waals surface area contributed by atoms with Crippen LogP contribution in [0.2, 0.25) is 0 Å². The van der Waals surface area contributed by atoms with Crippen molar-refractivity contribution < 1.29 is 4.79 Å². The Hall–Kier alpha value is -2.05. The fourth-order valence-electron chi connectivity index (χ4n) is 1.96. The molecule has 0 aliphatic heterocycles. The Morgan fingerprint density at radius 3 is 2.77 bits per heavy atom. The standard InChI is InChI=1S/C16H12BrN3OS/c1-10-14(15(21)20-13-7-3-2-6-12(13)17)22-16(19-10)11-5-4-8-18-9-11/h2-9H,1H3,(H,20,21). The number of carbonyl (C=O) groups excluding carboxylic acids is 1. The summed E-state index contributed by atoms with van der Waals surface area (Å²) in [7, 11) is 0. The number of hydrogen-bond acceptors (Lipinski definition) is 4. The van der Waals surface area contributed by atoms with Crippen molar-refractivity contribution in [1.82, 2.24) is 9.97 Å². The normalized spacial score (nSPS) is 10.5. The number of nitrogens with zero attached hydrogens (tertiary/aromatic N) is 2. The van der Waals surface area contributed by atoms with Gasteiger partial charge in [0.15, 0.2) is 0 Å². The number of nitrogens with one attached hydrogen (secondary N) is 1. The number of anilines is 1. The van der Waals surface area contributed by atoms with Gasteiger partial charge in [0.2, 0.25) is 0 Å². The molecule has 1 amide bonds. The van der Waals surface area contributed by atoms with Gasteiger partial charge < -0.3 is 5.32 Å². The second kappa shape index (κ2) is 6.37. The summed E-state index contributed by atoms with van der Waals surface area (Å²) in [6.07, 6.45) is 3.46. The average Bonchev–Trinajstić information content (AvgIpc) is 2.92. The summed E-state index contributed by atoms with van der Waals surface area (Å²) in [5.41, 5.74) is 2.37. The summed E-state index contributed by atoms with van der Waals surface area (Å²) in [4.78, 5) is 21.6. The second-order valence-corrected chi connectivity index (χ2v) is 6.46. The highest BCUT2D eigenvalue weighted by atomic mass is 79.9. The van der Waals surface area contributed by atoms with Gasteiger partial charge in [-0.3, -0.25) is 9.78 Å². The first-order valence-corrected chi connectivity index (χ1v) is 8.20. The number of aryl methyl sites for hydroxylation is 1. The molecule has 0 unspecified atom stereocenters. The van der Waals surface area contributed by atoms with Crippen LogP contribution in [-0.4, -0.2) is 15.9 Å². The first-order chi connectivity index (χ1) is 10.6. The van der Waals surface area contributed by atoms with Crippen molar-refractivity contribution in [2.45, 2.75) is 6.92 Å². The molecular weight excluding hydrogens is 362 g/mol. The first-order valence-electron chi connectivity index (χ1n) is 6.59. The van der Waals surface area contributed by atoms with E-state index in [0.717, 1.165) is 20.7 Å². The number of halogens is 1. The molecule has 3 aromatic rings. The summed E-state index contributed by atoms with van der Waals surface area (Å²) in [5.74, 6) is -0.156. The van der Waals surface area contributed by atoms with Crippen molar-refractivity contribution in [3.63, 3.8) is 0 Å². The van der Waals surface area contributed by atoms with Crippen LogP contribution in [0.15, 0.2) is 53.3 Å². The number of thiazole rings is 1. The van der Waals surface area contributed by atoms with Gasteiger partial charge in [-0.05, 0) is 47.1 Å². The van der Waals surface area contributed by atoms with Crippen molar-refractivity contribution in [2.75, 3.05) is 5.32 Å². The number of para-hydroxylation sites is 1. The molecule has 6 heteroatoms. The van der Waals surface area contributed by atoms with E-state index in [1.54, 1.807) is 12.4 Å². The Balaban J connectivity index is 1.88. The van der Waals surface area contributed by atoms with Crippen LogP contribution in [0.25, 0.3) is 10.6 Å². The van der Waals surface area contributed by atoms with E-state index < -0.39 is 0 Å². The molecule has 1 N–H and O–H groups in total. The number of carbonyl (C=O) groups is 1. The number of amides is 1. The van der Waals surface area contributed by atoms with Crippen LogP contribution in [0.5, 0.6) is 0 Å². The highest BCUT2D eigenvalue weighted by Crippen LogP contribution is 2.29. The van der Waals surface area contributed by atoms with Crippen LogP contribution in [0, 0.1) is 6.92 Å². The number of pyridine rings is 1. The lowest BCUT2D eigenvalue weighted by atomic mass is 10.3. The lowest BCUT2D eigenvalue weighted by molar-refractivity contribution is 0.102. The van der Waals surface area contributed by atoms with Crippen LogP contribution in [-0.2, 0) is 0 Å². The van der Waals surface area contributed by atoms with E-state index in [4.69, 9.17) is 0 Å². The largest absolute Gasteiger partial charge is 0.320 e. The van der Waals surface area contributed by atoms with E-state index in [2.05, 4.69) is 31.2 Å².